The summed E-state index contributed by atoms with van der Waals surface area (Å²) < 4.78 is 71.1. The lowest BCUT2D eigenvalue weighted by Crippen LogP contribution is -2.36. The van der Waals surface area contributed by atoms with Crippen LogP contribution in [0.1, 0.15) is 43.4 Å². The summed E-state index contributed by atoms with van der Waals surface area (Å²) in [6.45, 7) is -3.20. The van der Waals surface area contributed by atoms with E-state index in [0.29, 0.717) is 0 Å². The summed E-state index contributed by atoms with van der Waals surface area (Å²) >= 11 is 0. The molecule has 3 unspecified atom stereocenters. The molecule has 1 fully saturated rings. The number of benzene rings is 1. The molecule has 1 aliphatic carbocycles. The van der Waals surface area contributed by atoms with Crippen molar-refractivity contribution in [2.75, 3.05) is 5.73 Å². The Balaban J connectivity index is 2.57. The SMILES string of the molecule is [2H]c1c([2H])c(N)c2c(=O)n(C3([2H])C(=O)CC(=O)C([2H])C3[2H])c(C([2H])([2H])[2H])nc2c1[2H]. The number of carbonyl (C=O) groups is 2. The predicted octanol–water partition coefficient (Wildman–Crippen LogP) is 1.15. The van der Waals surface area contributed by atoms with Crippen molar-refractivity contribution in [1.82, 2.24) is 9.55 Å². The van der Waals surface area contributed by atoms with E-state index in [1.165, 1.54) is 0 Å². The van der Waals surface area contributed by atoms with Gasteiger partial charge in [-0.2, -0.15) is 0 Å². The third-order valence-corrected chi connectivity index (χ3v) is 3.02. The molecule has 21 heavy (non-hydrogen) atoms. The van der Waals surface area contributed by atoms with Crippen molar-refractivity contribution in [3.8, 4) is 0 Å². The molecule has 0 radical (unpaired) electrons. The Bertz CT molecular complexity index is 1180. The lowest BCUT2D eigenvalue weighted by Gasteiger charge is -2.24. The average Bonchev–Trinajstić information content (AvgIpc) is 2.66. The van der Waals surface area contributed by atoms with Crippen LogP contribution in [0.3, 0.4) is 0 Å². The molecule has 1 saturated carbocycles. The van der Waals surface area contributed by atoms with Crippen LogP contribution in [0.5, 0.6) is 0 Å². The van der Waals surface area contributed by atoms with Gasteiger partial charge in [-0.05, 0) is 25.3 Å². The van der Waals surface area contributed by atoms with Gasteiger partial charge in [0, 0.05) is 18.9 Å². The van der Waals surface area contributed by atoms with Crippen LogP contribution in [-0.4, -0.2) is 21.1 Å². The van der Waals surface area contributed by atoms with E-state index in [1.807, 2.05) is 0 Å². The largest absolute Gasteiger partial charge is 0.398 e. The van der Waals surface area contributed by atoms with Gasteiger partial charge in [-0.1, -0.05) is 6.04 Å². The van der Waals surface area contributed by atoms with Gasteiger partial charge in [0.1, 0.15) is 11.6 Å². The van der Waals surface area contributed by atoms with Gasteiger partial charge in [0.05, 0.1) is 28.8 Å². The Morgan fingerprint density at radius 2 is 2.33 bits per heavy atom. The fourth-order valence-electron chi connectivity index (χ4n) is 2.07. The minimum absolute atomic E-state index is 0.120. The first kappa shape index (κ1) is 6.51. The number of nitrogen functional groups attached to an aromatic ring is 1. The molecule has 3 rings (SSSR count). The van der Waals surface area contributed by atoms with Gasteiger partial charge in [-0.15, -0.1) is 0 Å². The number of fused-ring (bicyclic) bond motifs is 1. The number of aromatic nitrogens is 2. The second kappa shape index (κ2) is 4.80. The molecular formula is C15H15N3O3. The maximum absolute atomic E-state index is 13.3. The Hall–Kier alpha value is -2.50. The van der Waals surface area contributed by atoms with Crippen LogP contribution in [0.25, 0.3) is 10.9 Å². The van der Waals surface area contributed by atoms with Crippen LogP contribution < -0.4 is 11.3 Å². The number of rotatable bonds is 1. The normalized spacial score (nSPS) is 36.5. The summed E-state index contributed by atoms with van der Waals surface area (Å²) in [7, 11) is 0. The summed E-state index contributed by atoms with van der Waals surface area (Å²) in [6, 6.07) is -5.13. The summed E-state index contributed by atoms with van der Waals surface area (Å²) in [5.74, 6) is -3.33. The zero-order chi connectivity index (χ0) is 22.9. The number of carbonyl (C=O) groups excluding carboxylic acids is 2. The van der Waals surface area contributed by atoms with Crippen LogP contribution in [0.15, 0.2) is 22.9 Å². The molecule has 0 bridgehead atoms. The number of nitrogens with two attached hydrogens (primary N) is 1. The Labute approximate surface area is 133 Å². The molecule has 6 heteroatoms. The standard InChI is InChI=1S/C15H15N3O3/c1-8-17-11-4-2-3-10(16)14(11)15(21)18(8)12-6-5-9(19)7-13(12)20/h2-4,12H,5-7,16H2,1H3/i1D3,2D,3D,4D,5D,6D,12D. The molecule has 6 nitrogen and oxygen atoms in total. The van der Waals surface area contributed by atoms with E-state index >= 15 is 0 Å². The minimum atomic E-state index is -3.20. The second-order valence-electron chi connectivity index (χ2n) is 4.37. The molecule has 108 valence electrons. The number of ketones is 2. The van der Waals surface area contributed by atoms with Gasteiger partial charge in [0.15, 0.2) is 5.78 Å². The third kappa shape index (κ3) is 2.12. The lowest BCUT2D eigenvalue weighted by molar-refractivity contribution is -0.132. The summed E-state index contributed by atoms with van der Waals surface area (Å²) in [6.07, 6.45) is -4.99. The lowest BCUT2D eigenvalue weighted by atomic mass is 9.92. The van der Waals surface area contributed by atoms with Crippen molar-refractivity contribution < 1.29 is 21.9 Å². The summed E-state index contributed by atoms with van der Waals surface area (Å²) in [4.78, 5) is 41.4. The Morgan fingerprint density at radius 3 is 3.10 bits per heavy atom. The highest BCUT2D eigenvalue weighted by atomic mass is 16.2. The molecular weight excluding hydrogens is 270 g/mol. The fraction of sp³-hybridized carbons (Fsp3) is 0.333. The van der Waals surface area contributed by atoms with Crippen LogP contribution in [-0.2, 0) is 9.59 Å². The minimum Gasteiger partial charge on any atom is -0.398 e. The summed E-state index contributed by atoms with van der Waals surface area (Å²) in [5, 5.41) is -0.654. The molecule has 0 amide bonds. The first-order valence-electron chi connectivity index (χ1n) is 10.5. The Kier molecular flexibility index (Phi) is 1.49. The van der Waals surface area contributed by atoms with Crippen LogP contribution in [0.2, 0.25) is 0 Å². The van der Waals surface area contributed by atoms with E-state index < -0.39 is 89.8 Å². The van der Waals surface area contributed by atoms with Gasteiger partial charge < -0.3 is 5.73 Å². The first-order valence-corrected chi connectivity index (χ1v) is 5.89. The van der Waals surface area contributed by atoms with Gasteiger partial charge in [-0.3, -0.25) is 19.0 Å². The topological polar surface area (TPSA) is 95.0 Å². The molecule has 1 aromatic carbocycles. The fourth-order valence-corrected chi connectivity index (χ4v) is 2.07. The number of hydrogen-bond acceptors (Lipinski definition) is 5. The summed E-state index contributed by atoms with van der Waals surface area (Å²) in [5.41, 5.74) is 3.14. The number of hydrogen-bond donors (Lipinski definition) is 1. The number of aryl methyl sites for hydroxylation is 1. The van der Waals surface area contributed by atoms with E-state index in [2.05, 4.69) is 4.98 Å². The van der Waals surface area contributed by atoms with Crippen LogP contribution >= 0.6 is 0 Å². The molecule has 3 atom stereocenters. The highest BCUT2D eigenvalue weighted by Crippen LogP contribution is 2.24. The molecule has 0 aliphatic heterocycles. The average molecular weight is 294 g/mol. The van der Waals surface area contributed by atoms with Crippen molar-refractivity contribution in [2.24, 2.45) is 0 Å². The smallest absolute Gasteiger partial charge is 0.264 e. The molecule has 0 spiro atoms. The van der Waals surface area contributed by atoms with Crippen molar-refractivity contribution in [2.45, 2.75) is 32.1 Å². The highest BCUT2D eigenvalue weighted by Gasteiger charge is 2.30. The van der Waals surface area contributed by atoms with Gasteiger partial charge >= 0.3 is 0 Å². The van der Waals surface area contributed by atoms with Gasteiger partial charge in [-0.25, -0.2) is 4.98 Å². The first-order chi connectivity index (χ1) is 13.7. The van der Waals surface area contributed by atoms with Crippen LogP contribution in [0.4, 0.5) is 5.69 Å². The van der Waals surface area contributed by atoms with Crippen molar-refractivity contribution >= 4 is 28.2 Å². The molecule has 0 saturated heterocycles. The monoisotopic (exact) mass is 294 g/mol. The molecule has 1 heterocycles. The molecule has 1 aromatic heterocycles. The quantitative estimate of drug-likeness (QED) is 0.629. The van der Waals surface area contributed by atoms with E-state index in [9.17, 15) is 14.4 Å². The van der Waals surface area contributed by atoms with Gasteiger partial charge in [0.25, 0.3) is 5.56 Å². The third-order valence-electron chi connectivity index (χ3n) is 3.02. The van der Waals surface area contributed by atoms with E-state index in [-0.39, 0.29) is 4.57 Å². The second-order valence-corrected chi connectivity index (χ2v) is 4.37. The maximum Gasteiger partial charge on any atom is 0.264 e. The van der Waals surface area contributed by atoms with Crippen molar-refractivity contribution in [3.05, 3.63) is 34.3 Å². The predicted molar refractivity (Wildman–Crippen MR) is 78.1 cm³/mol. The maximum atomic E-state index is 13.3. The Morgan fingerprint density at radius 1 is 1.52 bits per heavy atom. The highest BCUT2D eigenvalue weighted by molar-refractivity contribution is 6.03. The number of nitrogens with zero attached hydrogens (tertiary/aromatic N) is 2. The number of anilines is 1. The van der Waals surface area contributed by atoms with Crippen molar-refractivity contribution in [3.63, 3.8) is 0 Å². The van der Waals surface area contributed by atoms with Crippen molar-refractivity contribution in [1.29, 1.82) is 0 Å². The molecule has 2 N–H and O–H groups in total. The van der Waals surface area contributed by atoms with E-state index in [1.54, 1.807) is 0 Å². The van der Waals surface area contributed by atoms with Crippen LogP contribution in [0, 0.1) is 6.85 Å². The number of Topliss-reactive ketones (excluding diaryl/α,β-unsaturated/α-hetero) is 2. The zero-order valence-electron chi connectivity index (χ0n) is 19.6. The zero-order valence-corrected chi connectivity index (χ0v) is 10.6. The molecule has 2 aromatic rings. The van der Waals surface area contributed by atoms with E-state index in [4.69, 9.17) is 18.1 Å². The molecule has 1 aliphatic rings. The van der Waals surface area contributed by atoms with E-state index in [0.717, 1.165) is 0 Å². The van der Waals surface area contributed by atoms with Gasteiger partial charge in [0.2, 0.25) is 0 Å².